The highest BCUT2D eigenvalue weighted by Gasteiger charge is 2.18. The average Bonchev–Trinajstić information content (AvgIpc) is 2.71. The lowest BCUT2D eigenvalue weighted by atomic mass is 10.1. The van der Waals surface area contributed by atoms with Gasteiger partial charge >= 0.3 is 0 Å². The molecule has 0 aliphatic heterocycles. The van der Waals surface area contributed by atoms with E-state index < -0.39 is 9.84 Å². The fourth-order valence-corrected chi connectivity index (χ4v) is 3.59. The first-order valence-corrected chi connectivity index (χ1v) is 11.6. The van der Waals surface area contributed by atoms with Crippen LogP contribution in [-0.4, -0.2) is 45.7 Å². The van der Waals surface area contributed by atoms with E-state index in [2.05, 4.69) is 0 Å². The highest BCUT2D eigenvalue weighted by atomic mass is 32.2. The predicted molar refractivity (Wildman–Crippen MR) is 113 cm³/mol. The number of carbonyl (C=O) groups excluding carboxylic acids is 1. The molecule has 0 radical (unpaired) electrons. The summed E-state index contributed by atoms with van der Waals surface area (Å²) in [6.45, 7) is 5.58. The van der Waals surface area contributed by atoms with Crippen LogP contribution < -0.4 is 9.47 Å². The summed E-state index contributed by atoms with van der Waals surface area (Å²) in [5, 5.41) is 0. The molecule has 6 nitrogen and oxygen atoms in total. The first-order valence-electron chi connectivity index (χ1n) is 9.69. The van der Waals surface area contributed by atoms with Crippen LogP contribution in [0.5, 0.6) is 11.5 Å². The SMILES string of the molecule is CCCOc1ccc(CN(CCC)C(=O)c2cccc(S(C)(=O)=O)c2)cc1OC. The normalized spacial score (nSPS) is 11.2. The lowest BCUT2D eigenvalue weighted by molar-refractivity contribution is 0.0743. The molecule has 0 heterocycles. The van der Waals surface area contributed by atoms with Gasteiger partial charge in [0.25, 0.3) is 5.91 Å². The van der Waals surface area contributed by atoms with Gasteiger partial charge < -0.3 is 14.4 Å². The van der Waals surface area contributed by atoms with Crippen LogP contribution in [0.15, 0.2) is 47.4 Å². The van der Waals surface area contributed by atoms with Crippen molar-refractivity contribution >= 4 is 15.7 Å². The van der Waals surface area contributed by atoms with Crippen LogP contribution in [0, 0.1) is 0 Å². The van der Waals surface area contributed by atoms with Gasteiger partial charge in [0, 0.05) is 24.9 Å². The molecule has 0 saturated heterocycles. The molecule has 2 aromatic rings. The molecule has 0 aromatic heterocycles. The van der Waals surface area contributed by atoms with Crippen molar-refractivity contribution in [2.75, 3.05) is 26.5 Å². The lowest BCUT2D eigenvalue weighted by Crippen LogP contribution is -2.31. The molecule has 0 saturated carbocycles. The Hall–Kier alpha value is -2.54. The average molecular weight is 420 g/mol. The van der Waals surface area contributed by atoms with Crippen molar-refractivity contribution in [3.8, 4) is 11.5 Å². The second kappa shape index (κ2) is 10.3. The topological polar surface area (TPSA) is 72.9 Å². The Labute approximate surface area is 173 Å². The van der Waals surface area contributed by atoms with Gasteiger partial charge in [-0.05, 0) is 48.7 Å². The van der Waals surface area contributed by atoms with Gasteiger partial charge in [-0.25, -0.2) is 8.42 Å². The molecule has 158 valence electrons. The van der Waals surface area contributed by atoms with Crippen LogP contribution in [0.1, 0.15) is 42.6 Å². The molecular formula is C22H29NO5S. The third-order valence-electron chi connectivity index (χ3n) is 4.35. The van der Waals surface area contributed by atoms with Gasteiger partial charge in [0.15, 0.2) is 21.3 Å². The van der Waals surface area contributed by atoms with Gasteiger partial charge in [-0.2, -0.15) is 0 Å². The van der Waals surface area contributed by atoms with Gasteiger partial charge in [0.2, 0.25) is 0 Å². The predicted octanol–water partition coefficient (Wildman–Crippen LogP) is 3.94. The van der Waals surface area contributed by atoms with Gasteiger partial charge in [0.05, 0.1) is 18.6 Å². The number of amides is 1. The van der Waals surface area contributed by atoms with Crippen molar-refractivity contribution in [2.24, 2.45) is 0 Å². The molecule has 0 unspecified atom stereocenters. The summed E-state index contributed by atoms with van der Waals surface area (Å²) in [5.41, 5.74) is 1.27. The lowest BCUT2D eigenvalue weighted by Gasteiger charge is -2.23. The van der Waals surface area contributed by atoms with Gasteiger partial charge in [-0.15, -0.1) is 0 Å². The Kier molecular flexibility index (Phi) is 8.08. The van der Waals surface area contributed by atoms with E-state index in [9.17, 15) is 13.2 Å². The Bertz CT molecular complexity index is 940. The van der Waals surface area contributed by atoms with E-state index in [1.807, 2.05) is 32.0 Å². The Morgan fingerprint density at radius 3 is 2.41 bits per heavy atom. The minimum atomic E-state index is -3.38. The zero-order chi connectivity index (χ0) is 21.4. The fourth-order valence-electron chi connectivity index (χ4n) is 2.93. The number of carbonyl (C=O) groups is 1. The van der Waals surface area contributed by atoms with E-state index in [1.54, 1.807) is 24.1 Å². The number of hydrogen-bond acceptors (Lipinski definition) is 5. The van der Waals surface area contributed by atoms with Crippen molar-refractivity contribution < 1.29 is 22.7 Å². The number of nitrogens with zero attached hydrogens (tertiary/aromatic N) is 1. The molecule has 0 aliphatic carbocycles. The van der Waals surface area contributed by atoms with Gasteiger partial charge in [-0.1, -0.05) is 26.0 Å². The molecular weight excluding hydrogens is 390 g/mol. The monoisotopic (exact) mass is 419 g/mol. The third kappa shape index (κ3) is 6.22. The van der Waals surface area contributed by atoms with E-state index in [1.165, 1.54) is 12.1 Å². The van der Waals surface area contributed by atoms with E-state index in [0.717, 1.165) is 24.7 Å². The number of sulfone groups is 1. The number of ether oxygens (including phenoxy) is 2. The highest BCUT2D eigenvalue weighted by molar-refractivity contribution is 7.90. The summed E-state index contributed by atoms with van der Waals surface area (Å²) < 4.78 is 34.8. The van der Waals surface area contributed by atoms with Crippen LogP contribution >= 0.6 is 0 Å². The molecule has 0 bridgehead atoms. The van der Waals surface area contributed by atoms with E-state index in [-0.39, 0.29) is 10.8 Å². The Balaban J connectivity index is 2.27. The van der Waals surface area contributed by atoms with E-state index in [4.69, 9.17) is 9.47 Å². The molecule has 0 aliphatic rings. The van der Waals surface area contributed by atoms with E-state index >= 15 is 0 Å². The van der Waals surface area contributed by atoms with Crippen LogP contribution in [0.4, 0.5) is 0 Å². The van der Waals surface area contributed by atoms with Crippen molar-refractivity contribution in [1.29, 1.82) is 0 Å². The molecule has 2 rings (SSSR count). The fraction of sp³-hybridized carbons (Fsp3) is 0.409. The number of methoxy groups -OCH3 is 1. The van der Waals surface area contributed by atoms with Crippen molar-refractivity contribution in [3.05, 3.63) is 53.6 Å². The molecule has 1 amide bonds. The third-order valence-corrected chi connectivity index (χ3v) is 5.46. The second-order valence-electron chi connectivity index (χ2n) is 6.86. The molecule has 0 N–H and O–H groups in total. The van der Waals surface area contributed by atoms with Crippen molar-refractivity contribution in [1.82, 2.24) is 4.90 Å². The summed E-state index contributed by atoms with van der Waals surface area (Å²) >= 11 is 0. The van der Waals surface area contributed by atoms with Crippen LogP contribution in [0.3, 0.4) is 0 Å². The maximum Gasteiger partial charge on any atom is 0.254 e. The second-order valence-corrected chi connectivity index (χ2v) is 8.88. The van der Waals surface area contributed by atoms with E-state index in [0.29, 0.717) is 36.8 Å². The quantitative estimate of drug-likeness (QED) is 0.583. The molecule has 29 heavy (non-hydrogen) atoms. The molecule has 0 fully saturated rings. The molecule has 7 heteroatoms. The zero-order valence-electron chi connectivity index (χ0n) is 17.5. The number of rotatable bonds is 10. The van der Waals surface area contributed by atoms with Crippen molar-refractivity contribution in [3.63, 3.8) is 0 Å². The number of benzene rings is 2. The minimum absolute atomic E-state index is 0.138. The van der Waals surface area contributed by atoms with Crippen LogP contribution in [-0.2, 0) is 16.4 Å². The van der Waals surface area contributed by atoms with Crippen molar-refractivity contribution in [2.45, 2.75) is 38.1 Å². The summed E-state index contributed by atoms with van der Waals surface area (Å²) in [5.74, 6) is 1.09. The van der Waals surface area contributed by atoms with Gasteiger partial charge in [-0.3, -0.25) is 4.79 Å². The maximum absolute atomic E-state index is 13.1. The molecule has 2 aromatic carbocycles. The largest absolute Gasteiger partial charge is 0.493 e. The molecule has 0 atom stereocenters. The summed E-state index contributed by atoms with van der Waals surface area (Å²) in [4.78, 5) is 14.9. The number of hydrogen-bond donors (Lipinski definition) is 0. The highest BCUT2D eigenvalue weighted by Crippen LogP contribution is 2.29. The molecule has 0 spiro atoms. The summed E-state index contributed by atoms with van der Waals surface area (Å²) in [7, 11) is -1.79. The Morgan fingerprint density at radius 1 is 1.03 bits per heavy atom. The summed E-state index contributed by atoms with van der Waals surface area (Å²) in [6.07, 6.45) is 2.82. The van der Waals surface area contributed by atoms with Crippen LogP contribution in [0.25, 0.3) is 0 Å². The minimum Gasteiger partial charge on any atom is -0.493 e. The first-order chi connectivity index (χ1) is 13.8. The Morgan fingerprint density at radius 2 is 1.79 bits per heavy atom. The zero-order valence-corrected chi connectivity index (χ0v) is 18.3. The summed E-state index contributed by atoms with van der Waals surface area (Å²) in [6, 6.07) is 11.8. The first kappa shape index (κ1) is 22.7. The van der Waals surface area contributed by atoms with Gasteiger partial charge in [0.1, 0.15) is 0 Å². The van der Waals surface area contributed by atoms with Crippen LogP contribution in [0.2, 0.25) is 0 Å². The standard InChI is InChI=1S/C22H29NO5S/c1-5-12-23(22(24)18-8-7-9-19(15-18)29(4,25)26)16-17-10-11-20(28-13-6-2)21(14-17)27-3/h7-11,14-15H,5-6,12-13,16H2,1-4H3. The smallest absolute Gasteiger partial charge is 0.254 e. The maximum atomic E-state index is 13.1.